The van der Waals surface area contributed by atoms with E-state index in [1.165, 1.54) is 0 Å². The fraction of sp³-hybridized carbons (Fsp3) is 0.909. The summed E-state index contributed by atoms with van der Waals surface area (Å²) in [6.07, 6.45) is 1.78. The number of nitrogens with zero attached hydrogens (tertiary/aromatic N) is 1. The molecule has 4 nitrogen and oxygen atoms in total. The van der Waals surface area contributed by atoms with Crippen molar-refractivity contribution < 1.29 is 14.6 Å². The van der Waals surface area contributed by atoms with E-state index in [-0.39, 0.29) is 24.5 Å². The maximum absolute atomic E-state index is 12.1. The van der Waals surface area contributed by atoms with Crippen LogP contribution in [0.3, 0.4) is 0 Å². The molecule has 2 atom stereocenters. The van der Waals surface area contributed by atoms with E-state index in [1.54, 1.807) is 4.90 Å². The van der Waals surface area contributed by atoms with Gasteiger partial charge in [-0.25, -0.2) is 0 Å². The van der Waals surface area contributed by atoms with E-state index in [9.17, 15) is 4.79 Å². The van der Waals surface area contributed by atoms with E-state index in [0.717, 1.165) is 12.8 Å². The molecule has 1 fully saturated rings. The minimum absolute atomic E-state index is 0.00139. The number of aliphatic hydroxyl groups is 1. The van der Waals surface area contributed by atoms with Gasteiger partial charge in [0.25, 0.3) is 0 Å². The van der Waals surface area contributed by atoms with Crippen LogP contribution in [0.2, 0.25) is 0 Å². The molecule has 1 N–H and O–H groups in total. The van der Waals surface area contributed by atoms with Gasteiger partial charge in [-0.2, -0.15) is 0 Å². The molecule has 0 aromatic carbocycles. The summed E-state index contributed by atoms with van der Waals surface area (Å²) in [6.45, 7) is 5.78. The number of ether oxygens (including phenoxy) is 1. The van der Waals surface area contributed by atoms with Crippen LogP contribution in [0.5, 0.6) is 0 Å². The smallest absolute Gasteiger partial charge is 0.228 e. The quantitative estimate of drug-likeness (QED) is 0.732. The first-order chi connectivity index (χ1) is 7.24. The second-order valence-electron chi connectivity index (χ2n) is 3.85. The second-order valence-corrected chi connectivity index (χ2v) is 3.85. The molecule has 0 spiro atoms. The number of carbonyl (C=O) groups is 1. The Hall–Kier alpha value is -0.610. The normalized spacial score (nSPS) is 25.5. The Bertz CT molecular complexity index is 208. The van der Waals surface area contributed by atoms with Crippen LogP contribution < -0.4 is 0 Å². The Balaban J connectivity index is 2.56. The number of amides is 1. The molecule has 0 bridgehead atoms. The highest BCUT2D eigenvalue weighted by Crippen LogP contribution is 2.25. The molecule has 2 unspecified atom stereocenters. The third-order valence-electron chi connectivity index (χ3n) is 2.99. The zero-order chi connectivity index (χ0) is 11.3. The van der Waals surface area contributed by atoms with E-state index >= 15 is 0 Å². The van der Waals surface area contributed by atoms with Crippen molar-refractivity contribution in [3.05, 3.63) is 0 Å². The van der Waals surface area contributed by atoms with Gasteiger partial charge >= 0.3 is 0 Å². The summed E-state index contributed by atoms with van der Waals surface area (Å²) in [5.41, 5.74) is 0. The van der Waals surface area contributed by atoms with Crippen LogP contribution in [0, 0.1) is 5.92 Å². The molecule has 1 amide bonds. The summed E-state index contributed by atoms with van der Waals surface area (Å²) in [5, 5.41) is 8.86. The molecule has 0 saturated carbocycles. The molecular formula is C11H21NO3. The van der Waals surface area contributed by atoms with Crippen LogP contribution in [0.15, 0.2) is 0 Å². The molecule has 1 aliphatic heterocycles. The fourth-order valence-corrected chi connectivity index (χ4v) is 2.11. The lowest BCUT2D eigenvalue weighted by atomic mass is 9.98. The second kappa shape index (κ2) is 6.08. The number of hydrogen-bond donors (Lipinski definition) is 1. The minimum atomic E-state index is 0.00139. The van der Waals surface area contributed by atoms with Gasteiger partial charge in [0.15, 0.2) is 0 Å². The van der Waals surface area contributed by atoms with Crippen LogP contribution in [0.25, 0.3) is 0 Å². The number of likely N-dealkylation sites (N-methyl/N-ethyl adjacent to an activating group) is 1. The summed E-state index contributed by atoms with van der Waals surface area (Å²) in [4.78, 5) is 13.8. The largest absolute Gasteiger partial charge is 0.395 e. The molecule has 0 radical (unpaired) electrons. The first-order valence-electron chi connectivity index (χ1n) is 5.75. The maximum Gasteiger partial charge on any atom is 0.228 e. The van der Waals surface area contributed by atoms with Gasteiger partial charge in [-0.05, 0) is 19.8 Å². The van der Waals surface area contributed by atoms with Crippen molar-refractivity contribution in [3.8, 4) is 0 Å². The van der Waals surface area contributed by atoms with Crippen LogP contribution >= 0.6 is 0 Å². The van der Waals surface area contributed by atoms with Crippen molar-refractivity contribution in [2.75, 3.05) is 26.3 Å². The van der Waals surface area contributed by atoms with Gasteiger partial charge in [-0.1, -0.05) is 6.92 Å². The molecular weight excluding hydrogens is 194 g/mol. The number of aliphatic hydroxyl groups excluding tert-OH is 1. The Morgan fingerprint density at radius 3 is 2.80 bits per heavy atom. The minimum Gasteiger partial charge on any atom is -0.395 e. The summed E-state index contributed by atoms with van der Waals surface area (Å²) in [5.74, 6) is 0.136. The maximum atomic E-state index is 12.1. The molecule has 88 valence electrons. The lowest BCUT2D eigenvalue weighted by molar-refractivity contribution is -0.137. The predicted octanol–water partition coefficient (Wildman–Crippen LogP) is 0.642. The summed E-state index contributed by atoms with van der Waals surface area (Å²) >= 11 is 0. The molecule has 1 rings (SSSR count). The molecule has 0 aliphatic carbocycles. The molecule has 1 saturated heterocycles. The molecule has 15 heavy (non-hydrogen) atoms. The van der Waals surface area contributed by atoms with Gasteiger partial charge in [0.05, 0.1) is 18.6 Å². The van der Waals surface area contributed by atoms with Gasteiger partial charge < -0.3 is 14.7 Å². The number of hydrogen-bond acceptors (Lipinski definition) is 3. The Morgan fingerprint density at radius 2 is 2.27 bits per heavy atom. The lowest BCUT2D eigenvalue weighted by Crippen LogP contribution is -2.40. The van der Waals surface area contributed by atoms with Crippen molar-refractivity contribution in [3.63, 3.8) is 0 Å². The molecule has 1 aliphatic rings. The standard InChI is InChI=1S/C11H21NO3/c1-3-10-9(5-8-15-10)11(14)12(4-2)6-7-13/h9-10,13H,3-8H2,1-2H3. The van der Waals surface area contributed by atoms with Crippen LogP contribution in [0.1, 0.15) is 26.7 Å². The van der Waals surface area contributed by atoms with Gasteiger partial charge in [-0.15, -0.1) is 0 Å². The summed E-state index contributed by atoms with van der Waals surface area (Å²) < 4.78 is 5.50. The first-order valence-corrected chi connectivity index (χ1v) is 5.75. The van der Waals surface area contributed by atoms with E-state index < -0.39 is 0 Å². The van der Waals surface area contributed by atoms with Crippen molar-refractivity contribution in [1.29, 1.82) is 0 Å². The topological polar surface area (TPSA) is 49.8 Å². The van der Waals surface area contributed by atoms with Crippen LogP contribution in [-0.2, 0) is 9.53 Å². The van der Waals surface area contributed by atoms with Gasteiger partial charge in [0.1, 0.15) is 0 Å². The lowest BCUT2D eigenvalue weighted by Gasteiger charge is -2.25. The SMILES string of the molecule is CCC1OCCC1C(=O)N(CC)CCO. The molecule has 0 aromatic rings. The van der Waals surface area contributed by atoms with Gasteiger partial charge in [0.2, 0.25) is 5.91 Å². The Labute approximate surface area is 91.2 Å². The average molecular weight is 215 g/mol. The van der Waals surface area contributed by atoms with E-state index in [2.05, 4.69) is 0 Å². The van der Waals surface area contributed by atoms with Crippen molar-refractivity contribution in [2.45, 2.75) is 32.8 Å². The monoisotopic (exact) mass is 215 g/mol. The Kier molecular flexibility index (Phi) is 5.05. The highest BCUT2D eigenvalue weighted by atomic mass is 16.5. The Morgan fingerprint density at radius 1 is 1.53 bits per heavy atom. The van der Waals surface area contributed by atoms with Gasteiger partial charge in [-0.3, -0.25) is 4.79 Å². The molecule has 1 heterocycles. The van der Waals surface area contributed by atoms with E-state index in [4.69, 9.17) is 9.84 Å². The third-order valence-corrected chi connectivity index (χ3v) is 2.99. The number of carbonyl (C=O) groups excluding carboxylic acids is 1. The third kappa shape index (κ3) is 2.92. The predicted molar refractivity (Wildman–Crippen MR) is 57.5 cm³/mol. The highest BCUT2D eigenvalue weighted by molar-refractivity contribution is 5.79. The zero-order valence-electron chi connectivity index (χ0n) is 9.61. The first kappa shape index (κ1) is 12.5. The van der Waals surface area contributed by atoms with E-state index in [0.29, 0.717) is 19.7 Å². The molecule has 4 heteroatoms. The summed E-state index contributed by atoms with van der Waals surface area (Å²) in [7, 11) is 0. The average Bonchev–Trinajstić information content (AvgIpc) is 2.72. The van der Waals surface area contributed by atoms with Gasteiger partial charge in [0, 0.05) is 19.7 Å². The highest BCUT2D eigenvalue weighted by Gasteiger charge is 2.34. The zero-order valence-corrected chi connectivity index (χ0v) is 9.61. The fourth-order valence-electron chi connectivity index (χ4n) is 2.11. The van der Waals surface area contributed by atoms with Crippen molar-refractivity contribution in [2.24, 2.45) is 5.92 Å². The molecule has 0 aromatic heterocycles. The number of rotatable bonds is 5. The van der Waals surface area contributed by atoms with Crippen molar-refractivity contribution in [1.82, 2.24) is 4.90 Å². The van der Waals surface area contributed by atoms with Crippen molar-refractivity contribution >= 4 is 5.91 Å². The van der Waals surface area contributed by atoms with E-state index in [1.807, 2.05) is 13.8 Å². The summed E-state index contributed by atoms with van der Waals surface area (Å²) in [6, 6.07) is 0. The van der Waals surface area contributed by atoms with Crippen LogP contribution in [-0.4, -0.2) is 48.3 Å². The van der Waals surface area contributed by atoms with Crippen LogP contribution in [0.4, 0.5) is 0 Å².